The van der Waals surface area contributed by atoms with E-state index in [1.165, 1.54) is 19.1 Å². The normalized spacial score (nSPS) is 9.92. The SMILES string of the molecule is Cc1ccc(OCF)c(O)c1F. The topological polar surface area (TPSA) is 29.5 Å². The fourth-order valence-electron chi connectivity index (χ4n) is 0.823. The Labute approximate surface area is 68.4 Å². The van der Waals surface area contributed by atoms with Crippen molar-refractivity contribution in [3.63, 3.8) is 0 Å². The molecule has 0 fully saturated rings. The Balaban J connectivity index is 3.08. The van der Waals surface area contributed by atoms with Crippen LogP contribution in [0.25, 0.3) is 0 Å². The van der Waals surface area contributed by atoms with Gasteiger partial charge in [0.2, 0.25) is 6.86 Å². The van der Waals surface area contributed by atoms with Crippen LogP contribution in [0.4, 0.5) is 8.78 Å². The first kappa shape index (κ1) is 8.77. The Kier molecular flexibility index (Phi) is 2.47. The summed E-state index contributed by atoms with van der Waals surface area (Å²) in [5.41, 5.74) is 0.290. The van der Waals surface area contributed by atoms with Gasteiger partial charge in [-0.05, 0) is 18.6 Å². The highest BCUT2D eigenvalue weighted by Crippen LogP contribution is 2.30. The van der Waals surface area contributed by atoms with E-state index in [4.69, 9.17) is 5.11 Å². The lowest BCUT2D eigenvalue weighted by Gasteiger charge is -2.05. The molecule has 0 saturated heterocycles. The van der Waals surface area contributed by atoms with E-state index in [9.17, 15) is 8.78 Å². The summed E-state index contributed by atoms with van der Waals surface area (Å²) in [6.45, 7) is 0.407. The van der Waals surface area contributed by atoms with Gasteiger partial charge in [0.05, 0.1) is 0 Å². The van der Waals surface area contributed by atoms with Gasteiger partial charge in [0.25, 0.3) is 0 Å². The Hall–Kier alpha value is -1.32. The number of aromatic hydroxyl groups is 1. The van der Waals surface area contributed by atoms with Gasteiger partial charge in [0.1, 0.15) is 0 Å². The molecule has 0 atom stereocenters. The molecule has 0 aliphatic heterocycles. The number of phenols is 1. The summed E-state index contributed by atoms with van der Waals surface area (Å²) in [5.74, 6) is -1.60. The molecule has 0 amide bonds. The molecule has 1 rings (SSSR count). The van der Waals surface area contributed by atoms with Crippen LogP contribution < -0.4 is 4.74 Å². The number of rotatable bonds is 2. The van der Waals surface area contributed by atoms with Gasteiger partial charge in [-0.1, -0.05) is 6.07 Å². The number of aryl methyl sites for hydroxylation is 1. The molecular formula is C8H8F2O2. The summed E-state index contributed by atoms with van der Waals surface area (Å²) in [7, 11) is 0. The minimum Gasteiger partial charge on any atom is -0.502 e. The van der Waals surface area contributed by atoms with E-state index in [0.717, 1.165) is 0 Å². The number of benzene rings is 1. The number of hydrogen-bond donors (Lipinski definition) is 1. The Morgan fingerprint density at radius 3 is 2.75 bits per heavy atom. The zero-order chi connectivity index (χ0) is 9.14. The second-order valence-corrected chi connectivity index (χ2v) is 2.30. The average Bonchev–Trinajstić information content (AvgIpc) is 2.07. The third kappa shape index (κ3) is 1.47. The molecule has 0 aliphatic rings. The lowest BCUT2D eigenvalue weighted by molar-refractivity contribution is 0.183. The second kappa shape index (κ2) is 3.38. The van der Waals surface area contributed by atoms with Crippen LogP contribution in [0.2, 0.25) is 0 Å². The molecule has 0 radical (unpaired) electrons. The van der Waals surface area contributed by atoms with Crippen molar-refractivity contribution in [2.75, 3.05) is 6.86 Å². The van der Waals surface area contributed by atoms with E-state index in [0.29, 0.717) is 5.56 Å². The van der Waals surface area contributed by atoms with Crippen LogP contribution in [0.5, 0.6) is 11.5 Å². The number of hydrogen-bond acceptors (Lipinski definition) is 2. The van der Waals surface area contributed by atoms with E-state index >= 15 is 0 Å². The van der Waals surface area contributed by atoms with E-state index in [1.54, 1.807) is 0 Å². The third-order valence-corrected chi connectivity index (χ3v) is 1.48. The van der Waals surface area contributed by atoms with Crippen LogP contribution in [-0.4, -0.2) is 12.0 Å². The largest absolute Gasteiger partial charge is 0.502 e. The van der Waals surface area contributed by atoms with Crippen molar-refractivity contribution >= 4 is 0 Å². The van der Waals surface area contributed by atoms with Crippen LogP contribution in [0.15, 0.2) is 12.1 Å². The van der Waals surface area contributed by atoms with Gasteiger partial charge in [-0.15, -0.1) is 0 Å². The predicted octanol–water partition coefficient (Wildman–Crippen LogP) is 2.15. The van der Waals surface area contributed by atoms with Crippen LogP contribution >= 0.6 is 0 Å². The molecule has 0 bridgehead atoms. The Bertz CT molecular complexity index is 287. The minimum atomic E-state index is -1.09. The zero-order valence-electron chi connectivity index (χ0n) is 6.47. The molecule has 0 unspecified atom stereocenters. The van der Waals surface area contributed by atoms with Gasteiger partial charge in [-0.2, -0.15) is 0 Å². The Morgan fingerprint density at radius 2 is 2.17 bits per heavy atom. The summed E-state index contributed by atoms with van der Waals surface area (Å²) in [4.78, 5) is 0. The van der Waals surface area contributed by atoms with Gasteiger partial charge < -0.3 is 9.84 Å². The van der Waals surface area contributed by atoms with Crippen molar-refractivity contribution in [2.45, 2.75) is 6.92 Å². The van der Waals surface area contributed by atoms with Gasteiger partial charge in [-0.25, -0.2) is 8.78 Å². The zero-order valence-corrected chi connectivity index (χ0v) is 6.47. The van der Waals surface area contributed by atoms with Crippen molar-refractivity contribution in [2.24, 2.45) is 0 Å². The molecular weight excluding hydrogens is 166 g/mol. The molecule has 0 spiro atoms. The molecule has 66 valence electrons. The van der Waals surface area contributed by atoms with Crippen molar-refractivity contribution < 1.29 is 18.6 Å². The molecule has 4 heteroatoms. The fraction of sp³-hybridized carbons (Fsp3) is 0.250. The molecule has 2 nitrogen and oxygen atoms in total. The molecule has 1 N–H and O–H groups in total. The van der Waals surface area contributed by atoms with Crippen molar-refractivity contribution in [3.05, 3.63) is 23.5 Å². The maximum Gasteiger partial charge on any atom is 0.228 e. The van der Waals surface area contributed by atoms with Gasteiger partial charge in [0, 0.05) is 0 Å². The van der Waals surface area contributed by atoms with Crippen LogP contribution in [0.1, 0.15) is 5.56 Å². The lowest BCUT2D eigenvalue weighted by atomic mass is 10.2. The monoisotopic (exact) mass is 174 g/mol. The number of ether oxygens (including phenoxy) is 1. The highest BCUT2D eigenvalue weighted by molar-refractivity contribution is 5.42. The fourth-order valence-corrected chi connectivity index (χ4v) is 0.823. The van der Waals surface area contributed by atoms with Crippen LogP contribution in [0, 0.1) is 12.7 Å². The molecule has 1 aromatic carbocycles. The highest BCUT2D eigenvalue weighted by atomic mass is 19.1. The summed E-state index contributed by atoms with van der Waals surface area (Å²) in [6, 6.07) is 2.72. The van der Waals surface area contributed by atoms with Gasteiger partial charge in [0.15, 0.2) is 17.3 Å². The van der Waals surface area contributed by atoms with Crippen molar-refractivity contribution in [1.82, 2.24) is 0 Å². The number of phenolic OH excluding ortho intramolecular Hbond substituents is 1. The summed E-state index contributed by atoms with van der Waals surface area (Å²) >= 11 is 0. The maximum atomic E-state index is 12.9. The minimum absolute atomic E-state index is 0.180. The molecule has 12 heavy (non-hydrogen) atoms. The first-order valence-corrected chi connectivity index (χ1v) is 3.33. The molecule has 0 heterocycles. The molecule has 0 aliphatic carbocycles. The van der Waals surface area contributed by atoms with E-state index in [1.807, 2.05) is 0 Å². The summed E-state index contributed by atoms with van der Waals surface area (Å²) in [6.07, 6.45) is 0. The molecule has 0 saturated carbocycles. The predicted molar refractivity (Wildman–Crippen MR) is 39.4 cm³/mol. The lowest BCUT2D eigenvalue weighted by Crippen LogP contribution is -1.93. The van der Waals surface area contributed by atoms with Crippen molar-refractivity contribution in [1.29, 1.82) is 0 Å². The number of halogens is 2. The van der Waals surface area contributed by atoms with Gasteiger partial charge >= 0.3 is 0 Å². The number of alkyl halides is 1. The average molecular weight is 174 g/mol. The second-order valence-electron chi connectivity index (χ2n) is 2.30. The smallest absolute Gasteiger partial charge is 0.228 e. The standard InChI is InChI=1S/C8H8F2O2/c1-5-2-3-6(12-4-9)8(11)7(5)10/h2-3,11H,4H2,1H3. The first-order valence-electron chi connectivity index (χ1n) is 3.33. The van der Waals surface area contributed by atoms with Crippen LogP contribution in [-0.2, 0) is 0 Å². The van der Waals surface area contributed by atoms with Crippen molar-refractivity contribution in [3.8, 4) is 11.5 Å². The molecule has 0 aromatic heterocycles. The maximum absolute atomic E-state index is 12.9. The first-order chi connectivity index (χ1) is 5.66. The van der Waals surface area contributed by atoms with E-state index in [-0.39, 0.29) is 5.75 Å². The molecule has 1 aromatic rings. The Morgan fingerprint density at radius 1 is 1.50 bits per heavy atom. The van der Waals surface area contributed by atoms with E-state index < -0.39 is 18.4 Å². The van der Waals surface area contributed by atoms with Gasteiger partial charge in [-0.3, -0.25) is 0 Å². The van der Waals surface area contributed by atoms with E-state index in [2.05, 4.69) is 4.74 Å². The van der Waals surface area contributed by atoms with Crippen LogP contribution in [0.3, 0.4) is 0 Å². The third-order valence-electron chi connectivity index (χ3n) is 1.48. The quantitative estimate of drug-likeness (QED) is 0.744. The summed E-state index contributed by atoms with van der Waals surface area (Å²) < 4.78 is 28.8. The highest BCUT2D eigenvalue weighted by Gasteiger charge is 2.10. The summed E-state index contributed by atoms with van der Waals surface area (Å²) in [5, 5.41) is 9.04.